The molecule has 0 aliphatic heterocycles. The molecule has 0 atom stereocenters. The van der Waals surface area contributed by atoms with Crippen molar-refractivity contribution in [2.75, 3.05) is 10.6 Å². The van der Waals surface area contributed by atoms with Gasteiger partial charge in [0.15, 0.2) is 0 Å². The van der Waals surface area contributed by atoms with E-state index in [1.807, 2.05) is 0 Å². The van der Waals surface area contributed by atoms with Crippen LogP contribution in [0.5, 0.6) is 0 Å². The lowest BCUT2D eigenvalue weighted by atomic mass is 10.3. The number of carbonyl (C=O) groups excluding carboxylic acids is 1. The summed E-state index contributed by atoms with van der Waals surface area (Å²) in [5.74, 6) is -1.10. The second kappa shape index (κ2) is 5.49. The molecule has 0 saturated heterocycles. The Morgan fingerprint density at radius 3 is 2.68 bits per heavy atom. The second-order valence-electron chi connectivity index (χ2n) is 3.31. The Hall–Kier alpha value is -3.10. The number of carboxylic acids is 1. The minimum Gasteiger partial charge on any atom is -0.478 e. The highest BCUT2D eigenvalue weighted by Gasteiger charge is 2.08. The number of nitrogens with zero attached hydrogens (tertiary/aromatic N) is 4. The SMILES string of the molecule is O=C(Nc1cncc(C(=O)O)c1)Nc1nccnn1. The molecule has 2 aromatic rings. The van der Waals surface area contributed by atoms with Gasteiger partial charge in [-0.1, -0.05) is 0 Å². The highest BCUT2D eigenvalue weighted by atomic mass is 16.4. The Morgan fingerprint density at radius 1 is 1.16 bits per heavy atom. The average Bonchev–Trinajstić information content (AvgIpc) is 2.40. The molecule has 0 fully saturated rings. The number of nitrogens with one attached hydrogen (secondary N) is 2. The summed E-state index contributed by atoms with van der Waals surface area (Å²) in [5.41, 5.74) is 0.205. The number of aromatic carboxylic acids is 1. The second-order valence-corrected chi connectivity index (χ2v) is 3.31. The van der Waals surface area contributed by atoms with Crippen LogP contribution in [0, 0.1) is 0 Å². The zero-order valence-electron chi connectivity index (χ0n) is 9.44. The summed E-state index contributed by atoms with van der Waals surface area (Å²) in [5, 5.41) is 20.6. The largest absolute Gasteiger partial charge is 0.478 e. The third-order valence-corrected chi connectivity index (χ3v) is 1.95. The quantitative estimate of drug-likeness (QED) is 0.736. The van der Waals surface area contributed by atoms with E-state index in [1.54, 1.807) is 0 Å². The van der Waals surface area contributed by atoms with Gasteiger partial charge in [-0.05, 0) is 6.07 Å². The number of carboxylic acid groups (broad SMARTS) is 1. The van der Waals surface area contributed by atoms with Crippen LogP contribution in [0.1, 0.15) is 10.4 Å². The van der Waals surface area contributed by atoms with Crippen molar-refractivity contribution in [1.29, 1.82) is 0 Å². The number of anilines is 2. The number of hydrogen-bond donors (Lipinski definition) is 3. The van der Waals surface area contributed by atoms with E-state index in [9.17, 15) is 9.59 Å². The van der Waals surface area contributed by atoms with E-state index in [1.165, 1.54) is 30.9 Å². The first-order valence-electron chi connectivity index (χ1n) is 5.05. The molecule has 0 bridgehead atoms. The van der Waals surface area contributed by atoms with Crippen LogP contribution in [0.2, 0.25) is 0 Å². The van der Waals surface area contributed by atoms with E-state index in [-0.39, 0.29) is 17.2 Å². The van der Waals surface area contributed by atoms with Crippen LogP contribution in [0.4, 0.5) is 16.4 Å². The van der Waals surface area contributed by atoms with Crippen LogP contribution < -0.4 is 10.6 Å². The molecule has 0 aromatic carbocycles. The van der Waals surface area contributed by atoms with Crippen LogP contribution in [0.25, 0.3) is 0 Å². The van der Waals surface area contributed by atoms with E-state index in [2.05, 4.69) is 30.8 Å². The molecule has 2 amide bonds. The zero-order chi connectivity index (χ0) is 13.7. The van der Waals surface area contributed by atoms with Crippen molar-refractivity contribution in [2.45, 2.75) is 0 Å². The maximum Gasteiger partial charge on any atom is 0.337 e. The van der Waals surface area contributed by atoms with Crippen molar-refractivity contribution < 1.29 is 14.7 Å². The number of urea groups is 1. The summed E-state index contributed by atoms with van der Waals surface area (Å²) in [7, 11) is 0. The standard InChI is InChI=1S/C10H8N6O3/c17-8(18)6-3-7(5-11-4-6)14-10(19)15-9-12-1-2-13-16-9/h1-5H,(H,17,18)(H2,12,14,15,16,19). The number of amides is 2. The smallest absolute Gasteiger partial charge is 0.337 e. The molecule has 0 aliphatic rings. The van der Waals surface area contributed by atoms with Gasteiger partial charge in [-0.25, -0.2) is 14.6 Å². The highest BCUT2D eigenvalue weighted by Crippen LogP contribution is 2.08. The van der Waals surface area contributed by atoms with Gasteiger partial charge in [0.25, 0.3) is 5.95 Å². The lowest BCUT2D eigenvalue weighted by molar-refractivity contribution is 0.0696. The van der Waals surface area contributed by atoms with Gasteiger partial charge in [0, 0.05) is 6.20 Å². The lowest BCUT2D eigenvalue weighted by Gasteiger charge is -2.05. The van der Waals surface area contributed by atoms with Crippen molar-refractivity contribution in [3.05, 3.63) is 36.4 Å². The van der Waals surface area contributed by atoms with Crippen molar-refractivity contribution in [1.82, 2.24) is 20.2 Å². The Morgan fingerprint density at radius 2 is 2.00 bits per heavy atom. The minimum atomic E-state index is -1.13. The summed E-state index contributed by atoms with van der Waals surface area (Å²) >= 11 is 0. The summed E-state index contributed by atoms with van der Waals surface area (Å²) in [6, 6.07) is 0.649. The predicted molar refractivity (Wildman–Crippen MR) is 63.7 cm³/mol. The third kappa shape index (κ3) is 3.43. The van der Waals surface area contributed by atoms with Gasteiger partial charge >= 0.3 is 12.0 Å². The van der Waals surface area contributed by atoms with Crippen LogP contribution in [0.15, 0.2) is 30.9 Å². The summed E-state index contributed by atoms with van der Waals surface area (Å²) < 4.78 is 0. The first-order valence-corrected chi connectivity index (χ1v) is 5.05. The van der Waals surface area contributed by atoms with Gasteiger partial charge in [0.2, 0.25) is 0 Å². The topological polar surface area (TPSA) is 130 Å². The van der Waals surface area contributed by atoms with Gasteiger partial charge in [-0.2, -0.15) is 5.10 Å². The van der Waals surface area contributed by atoms with Gasteiger partial charge in [-0.15, -0.1) is 5.10 Å². The van der Waals surface area contributed by atoms with Gasteiger partial charge in [0.05, 0.1) is 29.8 Å². The van der Waals surface area contributed by atoms with Crippen molar-refractivity contribution >= 4 is 23.6 Å². The summed E-state index contributed by atoms with van der Waals surface area (Å²) in [4.78, 5) is 29.7. The third-order valence-electron chi connectivity index (χ3n) is 1.95. The van der Waals surface area contributed by atoms with Crippen LogP contribution >= 0.6 is 0 Å². The molecule has 9 heteroatoms. The maximum atomic E-state index is 11.6. The van der Waals surface area contributed by atoms with Crippen LogP contribution in [-0.2, 0) is 0 Å². The molecule has 3 N–H and O–H groups in total. The van der Waals surface area contributed by atoms with Crippen LogP contribution in [-0.4, -0.2) is 37.3 Å². The fourth-order valence-corrected chi connectivity index (χ4v) is 1.19. The lowest BCUT2D eigenvalue weighted by Crippen LogP contribution is -2.21. The molecule has 0 spiro atoms. The molecular weight excluding hydrogens is 252 g/mol. The fraction of sp³-hybridized carbons (Fsp3) is 0. The molecule has 2 rings (SSSR count). The van der Waals surface area contributed by atoms with E-state index in [0.717, 1.165) is 0 Å². The van der Waals surface area contributed by atoms with E-state index < -0.39 is 12.0 Å². The molecule has 0 unspecified atom stereocenters. The number of aromatic nitrogens is 4. The Bertz CT molecular complexity index is 603. The molecule has 96 valence electrons. The number of rotatable bonds is 3. The van der Waals surface area contributed by atoms with Gasteiger partial charge < -0.3 is 10.4 Å². The molecular formula is C10H8N6O3. The molecule has 19 heavy (non-hydrogen) atoms. The normalized spacial score (nSPS) is 9.68. The van der Waals surface area contributed by atoms with Crippen LogP contribution in [0.3, 0.4) is 0 Å². The fourth-order valence-electron chi connectivity index (χ4n) is 1.19. The Labute approximate surface area is 106 Å². The predicted octanol–water partition coefficient (Wildman–Crippen LogP) is 0.609. The minimum absolute atomic E-state index is 0.0300. The van der Waals surface area contributed by atoms with Crippen molar-refractivity contribution in [2.24, 2.45) is 0 Å². The van der Waals surface area contributed by atoms with E-state index >= 15 is 0 Å². The van der Waals surface area contributed by atoms with Gasteiger partial charge in [0.1, 0.15) is 0 Å². The number of carbonyl (C=O) groups is 2. The van der Waals surface area contributed by atoms with E-state index in [4.69, 9.17) is 5.11 Å². The number of pyridine rings is 1. The Balaban J connectivity index is 2.03. The summed E-state index contributed by atoms with van der Waals surface area (Å²) in [6.07, 6.45) is 5.23. The van der Waals surface area contributed by atoms with E-state index in [0.29, 0.717) is 0 Å². The Kier molecular flexibility index (Phi) is 3.57. The number of hydrogen-bond acceptors (Lipinski definition) is 6. The first kappa shape index (κ1) is 12.4. The molecule has 2 heterocycles. The molecule has 2 aromatic heterocycles. The first-order chi connectivity index (χ1) is 9.15. The monoisotopic (exact) mass is 260 g/mol. The van der Waals surface area contributed by atoms with Gasteiger partial charge in [-0.3, -0.25) is 10.3 Å². The maximum absolute atomic E-state index is 11.6. The molecule has 9 nitrogen and oxygen atoms in total. The van der Waals surface area contributed by atoms with Crippen molar-refractivity contribution in [3.8, 4) is 0 Å². The van der Waals surface area contributed by atoms with Crippen molar-refractivity contribution in [3.63, 3.8) is 0 Å². The molecule has 0 saturated carbocycles. The molecule has 0 radical (unpaired) electrons. The highest BCUT2D eigenvalue weighted by molar-refractivity contribution is 5.99. The zero-order valence-corrected chi connectivity index (χ0v) is 9.44. The summed E-state index contributed by atoms with van der Waals surface area (Å²) in [6.45, 7) is 0. The molecule has 0 aliphatic carbocycles. The average molecular weight is 260 g/mol.